The number of aromatic nitrogens is 3. The van der Waals surface area contributed by atoms with E-state index in [0.29, 0.717) is 24.5 Å². The smallest absolute Gasteiger partial charge is 0.315 e. The first-order valence-electron chi connectivity index (χ1n) is 10.9. The normalized spacial score (nSPS) is 15.3. The van der Waals surface area contributed by atoms with Crippen LogP contribution < -0.4 is 15.4 Å². The Hall–Kier alpha value is -4.28. The molecule has 0 radical (unpaired) electrons. The van der Waals surface area contributed by atoms with Crippen LogP contribution in [0.4, 0.5) is 0 Å². The Morgan fingerprint density at radius 2 is 1.97 bits per heavy atom. The van der Waals surface area contributed by atoms with Crippen molar-refractivity contribution in [1.82, 2.24) is 30.1 Å². The zero-order valence-corrected chi connectivity index (χ0v) is 18.4. The Morgan fingerprint density at radius 3 is 2.74 bits per heavy atom. The highest BCUT2D eigenvalue weighted by atomic mass is 16.5. The topological polar surface area (TPSA) is 135 Å². The van der Waals surface area contributed by atoms with E-state index in [4.69, 9.17) is 4.74 Å². The molecule has 1 aromatic carbocycles. The number of carbonyl (C=O) groups excluding carboxylic acids is 4. The summed E-state index contributed by atoms with van der Waals surface area (Å²) >= 11 is 0. The number of hydrogen-bond donors (Lipinski definition) is 2. The number of ether oxygens (including phenoxy) is 1. The van der Waals surface area contributed by atoms with Gasteiger partial charge in [-0.15, -0.1) is 0 Å². The van der Waals surface area contributed by atoms with Crippen molar-refractivity contribution in [2.45, 2.75) is 32.4 Å². The highest BCUT2D eigenvalue weighted by Gasteiger charge is 2.27. The summed E-state index contributed by atoms with van der Waals surface area (Å²) in [6.45, 7) is 3.21. The van der Waals surface area contributed by atoms with E-state index in [1.165, 1.54) is 16.8 Å². The molecule has 1 saturated heterocycles. The van der Waals surface area contributed by atoms with Crippen LogP contribution in [0.25, 0.3) is 5.65 Å². The quantitative estimate of drug-likeness (QED) is 0.402. The van der Waals surface area contributed by atoms with Gasteiger partial charge in [-0.2, -0.15) is 5.10 Å². The van der Waals surface area contributed by atoms with Crippen LogP contribution in [-0.2, 0) is 22.6 Å². The van der Waals surface area contributed by atoms with Crippen LogP contribution in [0.15, 0.2) is 36.5 Å². The number of carbonyl (C=O) groups is 4. The summed E-state index contributed by atoms with van der Waals surface area (Å²) in [5, 5.41) is 9.58. The maximum Gasteiger partial charge on any atom is 0.315 e. The molecule has 0 aliphatic carbocycles. The lowest BCUT2D eigenvalue weighted by molar-refractivity contribution is -0.136. The molecule has 3 aromatic rings. The number of amides is 3. The van der Waals surface area contributed by atoms with Gasteiger partial charge in [0, 0.05) is 37.3 Å². The van der Waals surface area contributed by atoms with Gasteiger partial charge in [0.25, 0.3) is 11.8 Å². The Kier molecular flexibility index (Phi) is 5.44. The molecule has 174 valence electrons. The summed E-state index contributed by atoms with van der Waals surface area (Å²) in [7, 11) is 0. The lowest BCUT2D eigenvalue weighted by Gasteiger charge is -2.33. The van der Waals surface area contributed by atoms with Crippen molar-refractivity contribution in [1.29, 1.82) is 0 Å². The number of fused-ring (bicyclic) bond motifs is 2. The molecule has 2 N–H and O–H groups in total. The molecule has 1 atom stereocenters. The molecule has 2 aromatic heterocycles. The summed E-state index contributed by atoms with van der Waals surface area (Å²) in [6.07, 6.45) is 2.64. The van der Waals surface area contributed by atoms with Crippen molar-refractivity contribution in [2.75, 3.05) is 13.1 Å². The number of hydrogen-bond acceptors (Lipinski definition) is 7. The second-order valence-corrected chi connectivity index (χ2v) is 8.28. The minimum atomic E-state index is -0.709. The van der Waals surface area contributed by atoms with Crippen LogP contribution in [0.5, 0.6) is 5.75 Å². The van der Waals surface area contributed by atoms with Gasteiger partial charge in [-0.1, -0.05) is 6.07 Å². The van der Waals surface area contributed by atoms with Crippen molar-refractivity contribution in [3.8, 4) is 5.75 Å². The van der Waals surface area contributed by atoms with Crippen molar-refractivity contribution in [3.63, 3.8) is 0 Å². The van der Waals surface area contributed by atoms with Crippen LogP contribution in [0.3, 0.4) is 0 Å². The molecule has 4 heterocycles. The molecule has 11 heteroatoms. The maximum atomic E-state index is 12.9. The summed E-state index contributed by atoms with van der Waals surface area (Å²) in [5.74, 6) is -0.929. The van der Waals surface area contributed by atoms with E-state index in [2.05, 4.69) is 20.7 Å². The second kappa shape index (κ2) is 8.58. The third-order valence-corrected chi connectivity index (χ3v) is 5.85. The van der Waals surface area contributed by atoms with Crippen LogP contribution in [0.1, 0.15) is 45.4 Å². The van der Waals surface area contributed by atoms with Gasteiger partial charge in [-0.05, 0) is 31.0 Å². The van der Waals surface area contributed by atoms with E-state index < -0.39 is 17.9 Å². The molecular weight excluding hydrogens is 440 g/mol. The molecule has 5 rings (SSSR count). The minimum Gasteiger partial charge on any atom is -0.426 e. The maximum absolute atomic E-state index is 12.9. The average molecular weight is 462 g/mol. The van der Waals surface area contributed by atoms with E-state index in [9.17, 15) is 19.2 Å². The Bertz CT molecular complexity index is 1330. The largest absolute Gasteiger partial charge is 0.426 e. The predicted octanol–water partition coefficient (Wildman–Crippen LogP) is 0.471. The lowest BCUT2D eigenvalue weighted by Crippen LogP contribution is -2.52. The number of nitrogens with zero attached hydrogens (tertiary/aromatic N) is 4. The average Bonchev–Trinajstić information content (AvgIpc) is 3.40. The third kappa shape index (κ3) is 4.07. The van der Waals surface area contributed by atoms with E-state index in [0.717, 1.165) is 17.5 Å². The minimum absolute atomic E-state index is 0.0412. The van der Waals surface area contributed by atoms with E-state index in [1.807, 2.05) is 6.07 Å². The molecule has 0 bridgehead atoms. The zero-order chi connectivity index (χ0) is 23.8. The molecule has 2 aliphatic heterocycles. The van der Waals surface area contributed by atoms with Gasteiger partial charge >= 0.3 is 5.97 Å². The van der Waals surface area contributed by atoms with Gasteiger partial charge in [0.15, 0.2) is 5.65 Å². The molecule has 2 aliphatic rings. The van der Waals surface area contributed by atoms with Gasteiger partial charge in [-0.3, -0.25) is 19.2 Å². The van der Waals surface area contributed by atoms with Gasteiger partial charge in [0.1, 0.15) is 23.2 Å². The molecule has 0 saturated carbocycles. The van der Waals surface area contributed by atoms with Crippen molar-refractivity contribution in [2.24, 2.45) is 0 Å². The molecule has 3 amide bonds. The van der Waals surface area contributed by atoms with Gasteiger partial charge < -0.3 is 20.3 Å². The van der Waals surface area contributed by atoms with Crippen molar-refractivity contribution in [3.05, 3.63) is 59.0 Å². The first-order valence-corrected chi connectivity index (χ1v) is 10.9. The van der Waals surface area contributed by atoms with Crippen LogP contribution in [-0.4, -0.2) is 62.3 Å². The summed E-state index contributed by atoms with van der Waals surface area (Å²) in [6, 6.07) is 7.49. The molecule has 0 spiro atoms. The molecular formula is C23H22N6O5. The number of likely N-dealkylation sites (tertiary alicyclic amines) is 1. The zero-order valence-electron chi connectivity index (χ0n) is 18.4. The third-order valence-electron chi connectivity index (χ3n) is 5.85. The monoisotopic (exact) mass is 462 g/mol. The summed E-state index contributed by atoms with van der Waals surface area (Å²) in [5.41, 5.74) is 2.03. The fraction of sp³-hybridized carbons (Fsp3) is 0.304. The second-order valence-electron chi connectivity index (χ2n) is 8.28. The Morgan fingerprint density at radius 1 is 1.15 bits per heavy atom. The van der Waals surface area contributed by atoms with E-state index >= 15 is 0 Å². The fourth-order valence-electron chi connectivity index (χ4n) is 3.90. The Labute approximate surface area is 194 Å². The van der Waals surface area contributed by atoms with E-state index in [1.54, 1.807) is 30.0 Å². The highest BCUT2D eigenvalue weighted by Crippen LogP contribution is 2.26. The van der Waals surface area contributed by atoms with Crippen LogP contribution in [0, 0.1) is 0 Å². The molecule has 0 unspecified atom stereocenters. The number of benzene rings is 1. The van der Waals surface area contributed by atoms with Gasteiger partial charge in [0.2, 0.25) is 5.91 Å². The number of nitrogens with one attached hydrogen (secondary N) is 2. The molecule has 11 nitrogen and oxygen atoms in total. The first-order chi connectivity index (χ1) is 16.4. The van der Waals surface area contributed by atoms with Gasteiger partial charge in [0.05, 0.1) is 12.6 Å². The fourth-order valence-corrected chi connectivity index (χ4v) is 3.90. The van der Waals surface area contributed by atoms with Crippen molar-refractivity contribution >= 4 is 29.3 Å². The van der Waals surface area contributed by atoms with E-state index in [-0.39, 0.29) is 36.2 Å². The number of esters is 1. The lowest BCUT2D eigenvalue weighted by atomic mass is 10.1. The van der Waals surface area contributed by atoms with Gasteiger partial charge in [-0.25, -0.2) is 9.50 Å². The standard InChI is InChI=1S/C23H22N6O5/c1-13(23(33)28-7-2-8-28)26-22(32)17-11-16(27-19-5-6-25-29(17)19)21(31)24-12-14-3-4-18-15(9-14)10-20(30)34-18/h3-6,9,11,13H,2,7-8,10,12H2,1H3,(H,24,31)(H,26,32)/t13-/m0/s1. The SMILES string of the molecule is C[C@H](NC(=O)c1cc(C(=O)NCc2ccc3c(c2)CC(=O)O3)nc2ccnn12)C(=O)N1CCC1. The molecule has 34 heavy (non-hydrogen) atoms. The highest BCUT2D eigenvalue weighted by molar-refractivity contribution is 6.00. The summed E-state index contributed by atoms with van der Waals surface area (Å²) in [4.78, 5) is 55.6. The first kappa shape index (κ1) is 21.6. The number of rotatable bonds is 6. The predicted molar refractivity (Wildman–Crippen MR) is 118 cm³/mol. The van der Waals surface area contributed by atoms with Crippen molar-refractivity contribution < 1.29 is 23.9 Å². The summed E-state index contributed by atoms with van der Waals surface area (Å²) < 4.78 is 6.41. The van der Waals surface area contributed by atoms with Crippen LogP contribution >= 0.6 is 0 Å². The van der Waals surface area contributed by atoms with Crippen LogP contribution in [0.2, 0.25) is 0 Å². The Balaban J connectivity index is 1.31. The molecule has 1 fully saturated rings.